The second kappa shape index (κ2) is 10.5. The molecule has 0 radical (unpaired) electrons. The van der Waals surface area contributed by atoms with E-state index in [1.165, 1.54) is 6.07 Å². The van der Waals surface area contributed by atoms with Crippen molar-refractivity contribution in [3.8, 4) is 11.5 Å². The number of nitrogens with zero attached hydrogens (tertiary/aromatic N) is 1. The largest absolute Gasteiger partial charge is 0.573 e. The van der Waals surface area contributed by atoms with Gasteiger partial charge in [0.05, 0.1) is 18.2 Å². The molecule has 1 aliphatic heterocycles. The maximum atomic E-state index is 12.3. The van der Waals surface area contributed by atoms with Crippen molar-refractivity contribution in [3.63, 3.8) is 0 Å². The number of pyridine rings is 1. The van der Waals surface area contributed by atoms with Crippen molar-refractivity contribution < 1.29 is 37.0 Å². The first-order valence-electron chi connectivity index (χ1n) is 9.89. The minimum Gasteiger partial charge on any atom is -0.479 e. The Bertz CT molecular complexity index is 1030. The summed E-state index contributed by atoms with van der Waals surface area (Å²) in [6.45, 7) is 0.571. The Morgan fingerprint density at radius 3 is 2.55 bits per heavy atom. The van der Waals surface area contributed by atoms with Gasteiger partial charge in [-0.2, -0.15) is 0 Å². The highest BCUT2D eigenvalue weighted by molar-refractivity contribution is 6.31. The minimum atomic E-state index is -4.84. The lowest BCUT2D eigenvalue weighted by atomic mass is 10.0. The molecular formula is C21H19ClF3N3O5. The maximum Gasteiger partial charge on any atom is 0.573 e. The highest BCUT2D eigenvalue weighted by atomic mass is 35.5. The van der Waals surface area contributed by atoms with Crippen molar-refractivity contribution in [2.45, 2.75) is 31.7 Å². The number of amides is 2. The topological polar surface area (TPSA) is 107 Å². The van der Waals surface area contributed by atoms with Crippen molar-refractivity contribution in [1.29, 1.82) is 0 Å². The van der Waals surface area contributed by atoms with Crippen LogP contribution in [0.1, 0.15) is 40.1 Å². The van der Waals surface area contributed by atoms with Gasteiger partial charge in [-0.15, -0.1) is 13.2 Å². The van der Waals surface area contributed by atoms with Crippen LogP contribution < -0.4 is 20.1 Å². The maximum absolute atomic E-state index is 12.3. The third-order valence-electron chi connectivity index (χ3n) is 4.57. The van der Waals surface area contributed by atoms with Gasteiger partial charge in [-0.25, -0.2) is 4.98 Å². The number of carbonyl (C=O) groups is 3. The lowest BCUT2D eigenvalue weighted by Crippen LogP contribution is -2.42. The summed E-state index contributed by atoms with van der Waals surface area (Å²) in [6, 6.07) is 6.73. The number of carbonyl (C=O) groups excluding carboxylic acids is 3. The average Bonchev–Trinajstić information content (AvgIpc) is 2.75. The van der Waals surface area contributed by atoms with Gasteiger partial charge >= 0.3 is 6.36 Å². The molecule has 2 heterocycles. The summed E-state index contributed by atoms with van der Waals surface area (Å²) in [6.07, 6.45) is -3.99. The molecule has 1 aliphatic rings. The van der Waals surface area contributed by atoms with Crippen molar-refractivity contribution in [1.82, 2.24) is 15.6 Å². The molecule has 176 valence electrons. The van der Waals surface area contributed by atoms with Crippen LogP contribution in [0.25, 0.3) is 0 Å². The van der Waals surface area contributed by atoms with Gasteiger partial charge in [0, 0.05) is 18.1 Å². The van der Waals surface area contributed by atoms with Gasteiger partial charge in [0.2, 0.25) is 0 Å². The van der Waals surface area contributed by atoms with E-state index < -0.39 is 30.0 Å². The molecule has 0 bridgehead atoms. The van der Waals surface area contributed by atoms with Gasteiger partial charge in [-0.1, -0.05) is 11.6 Å². The molecule has 1 aromatic heterocycles. The summed E-state index contributed by atoms with van der Waals surface area (Å²) in [5.74, 6) is -1.41. The van der Waals surface area contributed by atoms with Crippen LogP contribution in [0.3, 0.4) is 0 Å². The van der Waals surface area contributed by atoms with Gasteiger partial charge in [-0.05, 0) is 43.2 Å². The molecule has 2 N–H and O–H groups in total. The van der Waals surface area contributed by atoms with Crippen molar-refractivity contribution in [2.75, 3.05) is 13.1 Å². The number of hydrogen-bond donors (Lipinski definition) is 2. The third-order valence-corrected chi connectivity index (χ3v) is 4.80. The van der Waals surface area contributed by atoms with E-state index >= 15 is 0 Å². The monoisotopic (exact) mass is 485 g/mol. The number of unbranched alkanes of at least 4 members (excludes halogenated alkanes) is 1. The molecule has 0 saturated heterocycles. The lowest BCUT2D eigenvalue weighted by Gasteiger charge is -2.24. The number of halogens is 4. The Morgan fingerprint density at radius 2 is 1.88 bits per heavy atom. The van der Waals surface area contributed by atoms with E-state index in [4.69, 9.17) is 16.3 Å². The summed E-state index contributed by atoms with van der Waals surface area (Å²) in [7, 11) is 0. The SMILES string of the molecule is O=C(NCCCCNC(=O)[C@H]1CC(=O)c2cc(Cl)ccc2O1)c1ccc(OC(F)(F)F)cn1. The first-order valence-corrected chi connectivity index (χ1v) is 10.3. The number of hydrogen-bond acceptors (Lipinski definition) is 6. The average molecular weight is 486 g/mol. The predicted molar refractivity (Wildman–Crippen MR) is 110 cm³/mol. The standard InChI is InChI=1S/C21H19ClF3N3O5/c22-12-3-6-17-14(9-12)16(29)10-18(32-17)20(31)27-8-2-1-7-26-19(30)15-5-4-13(11-28-15)33-21(23,24)25/h3-6,9,11,18H,1-2,7-8,10H2,(H,26,30)(H,27,31)/t18-/m1/s1. The Labute approximate surface area is 191 Å². The summed E-state index contributed by atoms with van der Waals surface area (Å²) < 4.78 is 45.7. The molecule has 0 unspecified atom stereocenters. The van der Waals surface area contributed by atoms with Crippen LogP contribution >= 0.6 is 11.6 Å². The Hall–Kier alpha value is -3.34. The number of ether oxygens (including phenoxy) is 2. The molecule has 33 heavy (non-hydrogen) atoms. The molecule has 2 aromatic rings. The van der Waals surface area contributed by atoms with Crippen LogP contribution in [-0.4, -0.2) is 48.1 Å². The van der Waals surface area contributed by atoms with Crippen LogP contribution in [0.5, 0.6) is 11.5 Å². The Balaban J connectivity index is 1.34. The molecule has 3 rings (SSSR count). The van der Waals surface area contributed by atoms with Crippen LogP contribution in [0, 0.1) is 0 Å². The molecule has 0 spiro atoms. The smallest absolute Gasteiger partial charge is 0.479 e. The van der Waals surface area contributed by atoms with E-state index in [2.05, 4.69) is 20.4 Å². The minimum absolute atomic E-state index is 0.0569. The fraction of sp³-hybridized carbons (Fsp3) is 0.333. The number of Topliss-reactive ketones (excluding diaryl/α,β-unsaturated/α-hetero) is 1. The normalized spacial score (nSPS) is 15.3. The third kappa shape index (κ3) is 7.07. The zero-order chi connectivity index (χ0) is 24.0. The lowest BCUT2D eigenvalue weighted by molar-refractivity contribution is -0.274. The Kier molecular flexibility index (Phi) is 7.75. The summed E-state index contributed by atoms with van der Waals surface area (Å²) in [4.78, 5) is 40.1. The number of alkyl halides is 3. The van der Waals surface area contributed by atoms with Crippen molar-refractivity contribution >= 4 is 29.2 Å². The second-order valence-corrected chi connectivity index (χ2v) is 7.49. The van der Waals surface area contributed by atoms with E-state index in [-0.39, 0.29) is 24.4 Å². The van der Waals surface area contributed by atoms with Gasteiger partial charge < -0.3 is 20.1 Å². The van der Waals surface area contributed by atoms with Crippen molar-refractivity contribution in [3.05, 3.63) is 52.8 Å². The predicted octanol–water partition coefficient (Wildman–Crippen LogP) is 3.29. The fourth-order valence-electron chi connectivity index (χ4n) is 3.02. The molecule has 12 heteroatoms. The van der Waals surface area contributed by atoms with Crippen LogP contribution in [-0.2, 0) is 4.79 Å². The van der Waals surface area contributed by atoms with E-state index in [1.807, 2.05) is 0 Å². The van der Waals surface area contributed by atoms with Crippen molar-refractivity contribution in [2.24, 2.45) is 0 Å². The van der Waals surface area contributed by atoms with E-state index in [1.54, 1.807) is 12.1 Å². The zero-order valence-corrected chi connectivity index (χ0v) is 17.8. The number of rotatable bonds is 8. The zero-order valence-electron chi connectivity index (χ0n) is 17.1. The molecular weight excluding hydrogens is 467 g/mol. The van der Waals surface area contributed by atoms with E-state index in [9.17, 15) is 27.6 Å². The molecule has 8 nitrogen and oxygen atoms in total. The van der Waals surface area contributed by atoms with Crippen LogP contribution in [0.2, 0.25) is 5.02 Å². The van der Waals surface area contributed by atoms with E-state index in [0.29, 0.717) is 35.7 Å². The molecule has 1 aromatic carbocycles. The number of aromatic nitrogens is 1. The molecule has 0 aliphatic carbocycles. The van der Waals surface area contributed by atoms with Crippen LogP contribution in [0.15, 0.2) is 36.5 Å². The Morgan fingerprint density at radius 1 is 1.15 bits per heavy atom. The first kappa shape index (κ1) is 24.3. The quantitative estimate of drug-likeness (QED) is 0.556. The highest BCUT2D eigenvalue weighted by Crippen LogP contribution is 2.30. The number of fused-ring (bicyclic) bond motifs is 1. The van der Waals surface area contributed by atoms with Gasteiger partial charge in [0.15, 0.2) is 11.9 Å². The van der Waals surface area contributed by atoms with E-state index in [0.717, 1.165) is 18.3 Å². The summed E-state index contributed by atoms with van der Waals surface area (Å²) >= 11 is 5.87. The molecule has 1 atom stereocenters. The number of benzene rings is 1. The number of nitrogens with one attached hydrogen (secondary N) is 2. The molecule has 0 fully saturated rings. The molecule has 0 saturated carbocycles. The number of ketones is 1. The summed E-state index contributed by atoms with van der Waals surface area (Å²) in [5.41, 5.74) is 0.290. The second-order valence-electron chi connectivity index (χ2n) is 7.06. The fourth-order valence-corrected chi connectivity index (χ4v) is 3.19. The van der Waals surface area contributed by atoms with Gasteiger partial charge in [0.1, 0.15) is 17.2 Å². The highest BCUT2D eigenvalue weighted by Gasteiger charge is 2.32. The van der Waals surface area contributed by atoms with Gasteiger partial charge in [0.25, 0.3) is 11.8 Å². The van der Waals surface area contributed by atoms with Crippen LogP contribution in [0.4, 0.5) is 13.2 Å². The molecule has 2 amide bonds. The summed E-state index contributed by atoms with van der Waals surface area (Å²) in [5, 5.41) is 5.68. The first-order chi connectivity index (χ1) is 15.6. The van der Waals surface area contributed by atoms with Gasteiger partial charge in [-0.3, -0.25) is 14.4 Å².